The zero-order valence-corrected chi connectivity index (χ0v) is 13.1. The Labute approximate surface area is 137 Å². The molecule has 0 aliphatic heterocycles. The first-order valence-corrected chi connectivity index (χ1v) is 7.24. The summed E-state index contributed by atoms with van der Waals surface area (Å²) in [6.07, 6.45) is 1.53. The lowest BCUT2D eigenvalue weighted by atomic mass is 10.2. The van der Waals surface area contributed by atoms with Crippen LogP contribution in [-0.4, -0.2) is 33.3 Å². The summed E-state index contributed by atoms with van der Waals surface area (Å²) in [6.45, 7) is 0. The fourth-order valence-electron chi connectivity index (χ4n) is 2.06. The number of benzene rings is 2. The highest BCUT2D eigenvalue weighted by atomic mass is 32.1. The van der Waals surface area contributed by atoms with Crippen molar-refractivity contribution in [3.63, 3.8) is 0 Å². The van der Waals surface area contributed by atoms with Crippen LogP contribution in [0.2, 0.25) is 0 Å². The van der Waals surface area contributed by atoms with E-state index in [1.807, 2.05) is 30.3 Å². The number of phenols is 1. The van der Waals surface area contributed by atoms with Crippen LogP contribution >= 0.6 is 12.2 Å². The summed E-state index contributed by atoms with van der Waals surface area (Å²) in [4.78, 5) is 0. The normalized spacial score (nSPS) is 11.0. The maximum atomic E-state index is 9.80. The number of nitrogens with zero attached hydrogens (tertiary/aromatic N) is 3. The summed E-state index contributed by atoms with van der Waals surface area (Å²) in [7, 11) is 1.60. The zero-order valence-electron chi connectivity index (χ0n) is 12.3. The lowest BCUT2D eigenvalue weighted by Gasteiger charge is -2.04. The number of aromatic amines is 1. The number of ether oxygens (including phenoxy) is 1. The van der Waals surface area contributed by atoms with Gasteiger partial charge in [-0.1, -0.05) is 24.3 Å². The van der Waals surface area contributed by atoms with Crippen LogP contribution in [0.5, 0.6) is 11.5 Å². The van der Waals surface area contributed by atoms with E-state index in [1.165, 1.54) is 10.9 Å². The summed E-state index contributed by atoms with van der Waals surface area (Å²) in [5.41, 5.74) is 1.40. The number of aromatic hydroxyl groups is 1. The van der Waals surface area contributed by atoms with Gasteiger partial charge in [-0.05, 0) is 36.5 Å². The number of para-hydroxylation sites is 1. The van der Waals surface area contributed by atoms with Gasteiger partial charge >= 0.3 is 0 Å². The van der Waals surface area contributed by atoms with E-state index >= 15 is 0 Å². The van der Waals surface area contributed by atoms with Crippen LogP contribution in [0.3, 0.4) is 0 Å². The van der Waals surface area contributed by atoms with Crippen molar-refractivity contribution in [2.75, 3.05) is 7.11 Å². The molecule has 0 bridgehead atoms. The van der Waals surface area contributed by atoms with Crippen molar-refractivity contribution in [2.45, 2.75) is 0 Å². The van der Waals surface area contributed by atoms with Crippen LogP contribution in [0.25, 0.3) is 11.4 Å². The Morgan fingerprint density at radius 2 is 2.09 bits per heavy atom. The van der Waals surface area contributed by atoms with Gasteiger partial charge in [-0.2, -0.15) is 14.9 Å². The molecule has 0 unspecified atom stereocenters. The molecule has 6 nitrogen and oxygen atoms in total. The first-order valence-electron chi connectivity index (χ1n) is 6.83. The Morgan fingerprint density at radius 1 is 1.26 bits per heavy atom. The van der Waals surface area contributed by atoms with Gasteiger partial charge in [-0.25, -0.2) is 5.10 Å². The predicted molar refractivity (Wildman–Crippen MR) is 90.5 cm³/mol. The number of hydrogen-bond donors (Lipinski definition) is 2. The van der Waals surface area contributed by atoms with Crippen molar-refractivity contribution in [3.8, 4) is 22.9 Å². The van der Waals surface area contributed by atoms with Crippen LogP contribution in [-0.2, 0) is 0 Å². The third-order valence-electron chi connectivity index (χ3n) is 3.23. The molecule has 0 amide bonds. The highest BCUT2D eigenvalue weighted by Crippen LogP contribution is 2.22. The number of hydrogen-bond acceptors (Lipinski definition) is 5. The summed E-state index contributed by atoms with van der Waals surface area (Å²) in [5.74, 6) is 1.42. The summed E-state index contributed by atoms with van der Waals surface area (Å²) in [6, 6.07) is 14.4. The summed E-state index contributed by atoms with van der Waals surface area (Å²) in [5, 5.41) is 21.1. The average molecular weight is 326 g/mol. The Balaban J connectivity index is 2.02. The van der Waals surface area contributed by atoms with E-state index in [9.17, 15) is 5.11 Å². The van der Waals surface area contributed by atoms with E-state index in [2.05, 4.69) is 15.3 Å². The van der Waals surface area contributed by atoms with Crippen molar-refractivity contribution in [1.29, 1.82) is 0 Å². The molecule has 0 atom stereocenters. The molecule has 2 N–H and O–H groups in total. The van der Waals surface area contributed by atoms with E-state index in [0.717, 1.165) is 5.56 Å². The topological polar surface area (TPSA) is 75.4 Å². The van der Waals surface area contributed by atoms with Crippen LogP contribution in [0.1, 0.15) is 5.56 Å². The second-order valence-electron chi connectivity index (χ2n) is 4.70. The Bertz CT molecular complexity index is 914. The molecule has 116 valence electrons. The second kappa shape index (κ2) is 6.45. The predicted octanol–water partition coefficient (Wildman–Crippen LogP) is 3.20. The lowest BCUT2D eigenvalue weighted by Crippen LogP contribution is -1.95. The third kappa shape index (κ3) is 3.14. The van der Waals surface area contributed by atoms with Gasteiger partial charge in [0.2, 0.25) is 4.77 Å². The number of methoxy groups -OCH3 is 1. The summed E-state index contributed by atoms with van der Waals surface area (Å²) < 4.78 is 7.08. The number of aromatic nitrogens is 3. The highest BCUT2D eigenvalue weighted by Gasteiger charge is 2.09. The molecular formula is C16H14N4O2S. The highest BCUT2D eigenvalue weighted by molar-refractivity contribution is 7.71. The van der Waals surface area contributed by atoms with Crippen molar-refractivity contribution >= 4 is 18.4 Å². The van der Waals surface area contributed by atoms with Gasteiger partial charge in [0.1, 0.15) is 11.5 Å². The van der Waals surface area contributed by atoms with E-state index in [0.29, 0.717) is 21.9 Å². The van der Waals surface area contributed by atoms with Crippen molar-refractivity contribution in [1.82, 2.24) is 14.9 Å². The molecule has 2 aromatic carbocycles. The molecule has 0 spiro atoms. The molecule has 0 radical (unpaired) electrons. The minimum Gasteiger partial charge on any atom is -0.507 e. The lowest BCUT2D eigenvalue weighted by molar-refractivity contribution is 0.415. The minimum absolute atomic E-state index is 0.147. The monoisotopic (exact) mass is 326 g/mol. The van der Waals surface area contributed by atoms with Crippen LogP contribution in [0.4, 0.5) is 0 Å². The molecule has 0 saturated carbocycles. The Morgan fingerprint density at radius 3 is 2.87 bits per heavy atom. The SMILES string of the molecule is COc1cccc(-c2n[nH]c(=S)n2N=Cc2ccccc2O)c1. The zero-order chi connectivity index (χ0) is 16.2. The van der Waals surface area contributed by atoms with Gasteiger partial charge in [0.05, 0.1) is 13.3 Å². The molecular weight excluding hydrogens is 312 g/mol. The van der Waals surface area contributed by atoms with Gasteiger partial charge < -0.3 is 9.84 Å². The fraction of sp³-hybridized carbons (Fsp3) is 0.0625. The fourth-order valence-corrected chi connectivity index (χ4v) is 2.24. The second-order valence-corrected chi connectivity index (χ2v) is 5.09. The minimum atomic E-state index is 0.147. The van der Waals surface area contributed by atoms with Gasteiger partial charge in [0.15, 0.2) is 5.82 Å². The molecule has 23 heavy (non-hydrogen) atoms. The van der Waals surface area contributed by atoms with Crippen molar-refractivity contribution in [2.24, 2.45) is 5.10 Å². The molecule has 0 fully saturated rings. The Kier molecular flexibility index (Phi) is 4.20. The quantitative estimate of drug-likeness (QED) is 0.570. The molecule has 0 aliphatic carbocycles. The van der Waals surface area contributed by atoms with Crippen LogP contribution < -0.4 is 4.74 Å². The van der Waals surface area contributed by atoms with Crippen LogP contribution in [0.15, 0.2) is 53.6 Å². The molecule has 1 aromatic heterocycles. The van der Waals surface area contributed by atoms with Gasteiger partial charge in [-0.15, -0.1) is 0 Å². The smallest absolute Gasteiger partial charge is 0.216 e. The Hall–Kier alpha value is -2.93. The number of H-pyrrole nitrogens is 1. The number of phenolic OH excluding ortho intramolecular Hbond substituents is 1. The standard InChI is InChI=1S/C16H14N4O2S/c1-22-13-7-4-6-11(9-13)15-18-19-16(23)20(15)17-10-12-5-2-3-8-14(12)21/h2-10,21H,1H3,(H,19,23). The largest absolute Gasteiger partial charge is 0.507 e. The molecule has 0 aliphatic rings. The average Bonchev–Trinajstić information content (AvgIpc) is 2.95. The third-order valence-corrected chi connectivity index (χ3v) is 3.49. The van der Waals surface area contributed by atoms with Gasteiger partial charge in [0, 0.05) is 11.1 Å². The molecule has 7 heteroatoms. The van der Waals surface area contributed by atoms with Crippen molar-refractivity contribution in [3.05, 3.63) is 58.9 Å². The first-order chi connectivity index (χ1) is 11.2. The molecule has 3 aromatic rings. The number of nitrogens with one attached hydrogen (secondary N) is 1. The maximum Gasteiger partial charge on any atom is 0.216 e. The van der Waals surface area contributed by atoms with E-state index in [1.54, 1.807) is 25.3 Å². The maximum absolute atomic E-state index is 9.80. The van der Waals surface area contributed by atoms with Crippen molar-refractivity contribution < 1.29 is 9.84 Å². The molecule has 1 heterocycles. The van der Waals surface area contributed by atoms with Gasteiger partial charge in [-0.3, -0.25) is 0 Å². The van der Waals surface area contributed by atoms with E-state index in [-0.39, 0.29) is 5.75 Å². The van der Waals surface area contributed by atoms with E-state index in [4.69, 9.17) is 17.0 Å². The number of rotatable bonds is 4. The first kappa shape index (κ1) is 15.0. The van der Waals surface area contributed by atoms with Crippen LogP contribution in [0, 0.1) is 4.77 Å². The van der Waals surface area contributed by atoms with E-state index < -0.39 is 0 Å². The molecule has 3 rings (SSSR count). The summed E-state index contributed by atoms with van der Waals surface area (Å²) >= 11 is 5.22. The van der Waals surface area contributed by atoms with Gasteiger partial charge in [0.25, 0.3) is 0 Å². The molecule has 0 saturated heterocycles.